The molecule has 2 atom stereocenters. The maximum atomic E-state index is 13.9. The highest BCUT2D eigenvalue weighted by molar-refractivity contribution is 7.89. The largest absolute Gasteiger partial charge is 0.488 e. The SMILES string of the molecule is CCCn1cc(CC[C@H](c2ccc(C)c(CN3CC(CC)Oc4ccccc4S3(=O)=O)c2)C(C)(C)C(=O)OCc2ccccc2)nn1. The predicted molar refractivity (Wildman–Crippen MR) is 181 cm³/mol. The fraction of sp³-hybridized carbons (Fsp3) is 0.432. The number of hydrogen-bond acceptors (Lipinski definition) is 7. The van der Waals surface area contributed by atoms with Gasteiger partial charge in [-0.15, -0.1) is 5.10 Å². The van der Waals surface area contributed by atoms with E-state index >= 15 is 0 Å². The molecule has 1 aliphatic rings. The fourth-order valence-electron chi connectivity index (χ4n) is 6.15. The lowest BCUT2D eigenvalue weighted by Crippen LogP contribution is -2.37. The average Bonchev–Trinajstić information content (AvgIpc) is 3.47. The first-order chi connectivity index (χ1) is 22.5. The van der Waals surface area contributed by atoms with Crippen LogP contribution in [-0.4, -0.2) is 46.3 Å². The van der Waals surface area contributed by atoms with E-state index in [1.165, 1.54) is 4.31 Å². The van der Waals surface area contributed by atoms with Crippen molar-refractivity contribution in [1.29, 1.82) is 0 Å². The summed E-state index contributed by atoms with van der Waals surface area (Å²) in [5, 5.41) is 8.64. The molecule has 0 saturated heterocycles. The molecule has 0 radical (unpaired) electrons. The summed E-state index contributed by atoms with van der Waals surface area (Å²) >= 11 is 0. The number of rotatable bonds is 13. The molecule has 1 aromatic heterocycles. The molecular weight excluding hydrogens is 612 g/mol. The lowest BCUT2D eigenvalue weighted by Gasteiger charge is -2.33. The van der Waals surface area contributed by atoms with Crippen LogP contribution in [0, 0.1) is 12.3 Å². The first kappa shape index (κ1) is 34.3. The van der Waals surface area contributed by atoms with Crippen LogP contribution in [0.5, 0.6) is 5.75 Å². The van der Waals surface area contributed by atoms with Crippen LogP contribution in [0.15, 0.2) is 83.9 Å². The first-order valence-corrected chi connectivity index (χ1v) is 17.9. The van der Waals surface area contributed by atoms with E-state index in [1.807, 2.05) is 81.0 Å². The lowest BCUT2D eigenvalue weighted by atomic mass is 9.72. The summed E-state index contributed by atoms with van der Waals surface area (Å²) in [6.45, 7) is 11.4. The summed E-state index contributed by atoms with van der Waals surface area (Å²) in [7, 11) is -3.82. The van der Waals surface area contributed by atoms with Gasteiger partial charge in [0.05, 0.1) is 17.7 Å². The number of hydrogen-bond donors (Lipinski definition) is 0. The molecule has 1 unspecified atom stereocenters. The maximum absolute atomic E-state index is 13.9. The number of esters is 1. The van der Waals surface area contributed by atoms with E-state index < -0.39 is 15.4 Å². The Bertz CT molecular complexity index is 1770. The van der Waals surface area contributed by atoms with Crippen LogP contribution in [0.1, 0.15) is 80.8 Å². The smallest absolute Gasteiger partial charge is 0.312 e. The van der Waals surface area contributed by atoms with Gasteiger partial charge in [-0.3, -0.25) is 9.48 Å². The van der Waals surface area contributed by atoms with Crippen LogP contribution >= 0.6 is 0 Å². The van der Waals surface area contributed by atoms with Gasteiger partial charge in [0.2, 0.25) is 10.0 Å². The van der Waals surface area contributed by atoms with Crippen molar-refractivity contribution >= 4 is 16.0 Å². The van der Waals surface area contributed by atoms with Crippen LogP contribution < -0.4 is 4.74 Å². The molecule has 0 spiro atoms. The molecule has 47 heavy (non-hydrogen) atoms. The zero-order chi connectivity index (χ0) is 33.6. The van der Waals surface area contributed by atoms with Crippen LogP contribution in [0.25, 0.3) is 0 Å². The Morgan fingerprint density at radius 2 is 1.81 bits per heavy atom. The molecule has 0 aliphatic carbocycles. The van der Waals surface area contributed by atoms with Crippen molar-refractivity contribution in [2.24, 2.45) is 5.41 Å². The average molecular weight is 659 g/mol. The van der Waals surface area contributed by atoms with Gasteiger partial charge in [0.25, 0.3) is 0 Å². The highest BCUT2D eigenvalue weighted by Crippen LogP contribution is 2.41. The normalized spacial score (nSPS) is 16.9. The van der Waals surface area contributed by atoms with Gasteiger partial charge in [-0.1, -0.05) is 79.7 Å². The van der Waals surface area contributed by atoms with E-state index in [9.17, 15) is 13.2 Å². The van der Waals surface area contributed by atoms with Crippen molar-refractivity contribution < 1.29 is 22.7 Å². The maximum Gasteiger partial charge on any atom is 0.312 e. The van der Waals surface area contributed by atoms with E-state index in [-0.39, 0.29) is 42.6 Å². The highest BCUT2D eigenvalue weighted by Gasteiger charge is 2.40. The Morgan fingerprint density at radius 3 is 2.55 bits per heavy atom. The number of carbonyl (C=O) groups is 1. The number of aromatic nitrogens is 3. The molecular formula is C37H46N4O5S. The van der Waals surface area contributed by atoms with Gasteiger partial charge >= 0.3 is 5.97 Å². The van der Waals surface area contributed by atoms with Crippen molar-refractivity contribution in [1.82, 2.24) is 19.3 Å². The molecule has 4 aromatic rings. The first-order valence-electron chi connectivity index (χ1n) is 16.5. The lowest BCUT2D eigenvalue weighted by molar-refractivity contribution is -0.157. The van der Waals surface area contributed by atoms with Gasteiger partial charge in [0.15, 0.2) is 0 Å². The van der Waals surface area contributed by atoms with Gasteiger partial charge in [0, 0.05) is 19.3 Å². The van der Waals surface area contributed by atoms with E-state index in [4.69, 9.17) is 9.47 Å². The van der Waals surface area contributed by atoms with Gasteiger partial charge < -0.3 is 9.47 Å². The standard InChI is InChI=1S/C37H46N4O5S/c1-6-21-40-24-31(38-39-40)19-20-33(37(4,5)36(42)45-26-28-13-9-8-10-14-28)29-18-17-27(3)30(22-29)23-41-25-32(7-2)46-34-15-11-12-16-35(34)47(41,43)44/h8-18,22,24,32-33H,6-7,19-21,23,25-26H2,1-5H3/t32?,33-/m1/s1. The Morgan fingerprint density at radius 1 is 1.06 bits per heavy atom. The van der Waals surface area contributed by atoms with E-state index in [1.54, 1.807) is 24.3 Å². The number of benzene rings is 3. The Hall–Kier alpha value is -4.02. The topological polar surface area (TPSA) is 104 Å². The van der Waals surface area contributed by atoms with Crippen molar-refractivity contribution in [3.8, 4) is 5.75 Å². The third-order valence-electron chi connectivity index (χ3n) is 9.08. The summed E-state index contributed by atoms with van der Waals surface area (Å²) < 4.78 is 43.3. The molecule has 1 aliphatic heterocycles. The number of para-hydroxylation sites is 1. The molecule has 0 saturated carbocycles. The monoisotopic (exact) mass is 658 g/mol. The van der Waals surface area contributed by atoms with Gasteiger partial charge in [-0.25, -0.2) is 8.42 Å². The van der Waals surface area contributed by atoms with Crippen molar-refractivity contribution in [2.75, 3.05) is 6.54 Å². The zero-order valence-electron chi connectivity index (χ0n) is 28.1. The van der Waals surface area contributed by atoms with Crippen LogP contribution in [0.2, 0.25) is 0 Å². The van der Waals surface area contributed by atoms with Gasteiger partial charge in [-0.05, 0) is 86.8 Å². The number of aryl methyl sites for hydroxylation is 3. The summed E-state index contributed by atoms with van der Waals surface area (Å²) in [4.78, 5) is 14.0. The van der Waals surface area contributed by atoms with Crippen LogP contribution in [-0.2, 0) is 45.7 Å². The molecule has 9 nitrogen and oxygen atoms in total. The summed E-state index contributed by atoms with van der Waals surface area (Å²) in [6, 6.07) is 22.6. The second-order valence-corrected chi connectivity index (χ2v) is 14.8. The number of carbonyl (C=O) groups excluding carboxylic acids is 1. The number of fused-ring (bicyclic) bond motifs is 1. The predicted octanol–water partition coefficient (Wildman–Crippen LogP) is 6.84. The third-order valence-corrected chi connectivity index (χ3v) is 10.9. The second kappa shape index (κ2) is 14.8. The van der Waals surface area contributed by atoms with E-state index in [0.717, 1.165) is 40.9 Å². The van der Waals surface area contributed by atoms with Crippen LogP contribution in [0.3, 0.4) is 0 Å². The van der Waals surface area contributed by atoms with Crippen molar-refractivity contribution in [3.63, 3.8) is 0 Å². The Kier molecular flexibility index (Phi) is 10.8. The number of ether oxygens (including phenoxy) is 2. The minimum absolute atomic E-state index is 0.182. The molecule has 0 amide bonds. The quantitative estimate of drug-likeness (QED) is 0.145. The minimum Gasteiger partial charge on any atom is -0.488 e. The third kappa shape index (κ3) is 7.93. The van der Waals surface area contributed by atoms with Crippen LogP contribution in [0.4, 0.5) is 0 Å². The molecule has 10 heteroatoms. The summed E-state index contributed by atoms with van der Waals surface area (Å²) in [5.74, 6) is -0.147. The van der Waals surface area contributed by atoms with E-state index in [2.05, 4.69) is 23.3 Å². The molecule has 5 rings (SSSR count). The summed E-state index contributed by atoms with van der Waals surface area (Å²) in [6.07, 6.45) is 4.58. The number of sulfonamides is 1. The fourth-order valence-corrected chi connectivity index (χ4v) is 7.72. The van der Waals surface area contributed by atoms with Gasteiger partial charge in [0.1, 0.15) is 23.4 Å². The van der Waals surface area contributed by atoms with Crippen molar-refractivity contribution in [2.45, 2.75) is 96.9 Å². The molecule has 250 valence electrons. The van der Waals surface area contributed by atoms with E-state index in [0.29, 0.717) is 25.0 Å². The molecule has 0 N–H and O–H groups in total. The number of nitrogens with zero attached hydrogens (tertiary/aromatic N) is 4. The molecule has 0 bridgehead atoms. The van der Waals surface area contributed by atoms with Gasteiger partial charge in [-0.2, -0.15) is 4.31 Å². The molecule has 3 aromatic carbocycles. The molecule has 0 fully saturated rings. The Balaban J connectivity index is 1.46. The Labute approximate surface area is 279 Å². The summed E-state index contributed by atoms with van der Waals surface area (Å²) in [5.41, 5.74) is 3.70. The zero-order valence-corrected chi connectivity index (χ0v) is 28.9. The molecule has 2 heterocycles. The minimum atomic E-state index is -3.82. The highest BCUT2D eigenvalue weighted by atomic mass is 32.2. The second-order valence-electron chi connectivity index (χ2n) is 12.9. The van der Waals surface area contributed by atoms with Crippen molar-refractivity contribution in [3.05, 3.63) is 107 Å².